The zero-order chi connectivity index (χ0) is 22.8. The first-order chi connectivity index (χ1) is 14.7. The maximum absolute atomic E-state index is 12.9. The van der Waals surface area contributed by atoms with Crippen LogP contribution in [0, 0.1) is 5.92 Å². The number of rotatable bonds is 7. The first-order valence-electron chi connectivity index (χ1n) is 9.98. The fourth-order valence-corrected chi connectivity index (χ4v) is 4.36. The normalized spacial score (nSPS) is 16.6. The third-order valence-corrected chi connectivity index (χ3v) is 7.17. The molecule has 0 aliphatic carbocycles. The molecule has 1 N–H and O–H groups in total. The van der Waals surface area contributed by atoms with E-state index in [-0.39, 0.29) is 35.4 Å². The molecule has 0 radical (unpaired) electrons. The topological polar surface area (TPSA) is 96.0 Å². The molecule has 9 heteroatoms. The van der Waals surface area contributed by atoms with Crippen LogP contribution >= 0.6 is 0 Å². The quantitative estimate of drug-likeness (QED) is 0.706. The van der Waals surface area contributed by atoms with Gasteiger partial charge < -0.3 is 15.0 Å². The first-order valence-corrected chi connectivity index (χ1v) is 11.4. The van der Waals surface area contributed by atoms with Crippen LogP contribution in [-0.4, -0.2) is 52.3 Å². The van der Waals surface area contributed by atoms with Crippen molar-refractivity contribution in [2.45, 2.75) is 24.7 Å². The summed E-state index contributed by atoms with van der Waals surface area (Å²) >= 11 is 0. The second-order valence-electron chi connectivity index (χ2n) is 7.56. The molecule has 0 bridgehead atoms. The number of carbonyl (C=O) groups is 2. The smallest absolute Gasteiger partial charge is 0.242 e. The Balaban J connectivity index is 1.79. The molecule has 2 aromatic rings. The minimum Gasteiger partial charge on any atom is -0.495 e. The largest absolute Gasteiger partial charge is 0.495 e. The highest BCUT2D eigenvalue weighted by Crippen LogP contribution is 2.31. The molecule has 3 rings (SSSR count). The van der Waals surface area contributed by atoms with E-state index in [1.165, 1.54) is 45.0 Å². The molecule has 1 heterocycles. The fourth-order valence-electron chi connectivity index (χ4n) is 3.44. The average molecular weight is 446 g/mol. The van der Waals surface area contributed by atoms with Crippen molar-refractivity contribution in [2.24, 2.45) is 5.92 Å². The summed E-state index contributed by atoms with van der Waals surface area (Å²) in [7, 11) is 0.630. The zero-order valence-corrected chi connectivity index (χ0v) is 18.9. The number of sulfonamides is 1. The second-order valence-corrected chi connectivity index (χ2v) is 9.72. The standard InChI is InChI=1S/C22H27N3O5S/c1-5-15-6-8-17(9-7-15)25-14-16(12-21(25)26)22(27)23-19-13-18(10-11-20(19)30-4)31(28,29)24(2)3/h6-11,13,16H,5,12,14H2,1-4H3,(H,23,27). The predicted molar refractivity (Wildman–Crippen MR) is 119 cm³/mol. The molecule has 1 aliphatic rings. The van der Waals surface area contributed by atoms with Crippen LogP contribution < -0.4 is 15.0 Å². The van der Waals surface area contributed by atoms with E-state index >= 15 is 0 Å². The minimum atomic E-state index is -3.67. The van der Waals surface area contributed by atoms with Gasteiger partial charge in [0.25, 0.3) is 0 Å². The minimum absolute atomic E-state index is 0.0359. The van der Waals surface area contributed by atoms with E-state index in [1.807, 2.05) is 24.3 Å². The molecule has 1 atom stereocenters. The van der Waals surface area contributed by atoms with Crippen LogP contribution in [0.3, 0.4) is 0 Å². The van der Waals surface area contributed by atoms with Crippen molar-refractivity contribution in [3.05, 3.63) is 48.0 Å². The molecule has 1 aliphatic heterocycles. The Morgan fingerprint density at radius 3 is 2.45 bits per heavy atom. The van der Waals surface area contributed by atoms with E-state index in [0.29, 0.717) is 5.75 Å². The Bertz CT molecular complexity index is 1080. The summed E-state index contributed by atoms with van der Waals surface area (Å²) in [4.78, 5) is 27.1. The van der Waals surface area contributed by atoms with E-state index < -0.39 is 15.9 Å². The van der Waals surface area contributed by atoms with E-state index in [1.54, 1.807) is 4.90 Å². The van der Waals surface area contributed by atoms with Gasteiger partial charge in [-0.25, -0.2) is 12.7 Å². The number of aryl methyl sites for hydroxylation is 1. The molecule has 2 aromatic carbocycles. The van der Waals surface area contributed by atoms with E-state index in [0.717, 1.165) is 16.4 Å². The molecule has 1 unspecified atom stereocenters. The Morgan fingerprint density at radius 1 is 1.19 bits per heavy atom. The van der Waals surface area contributed by atoms with Crippen molar-refractivity contribution in [3.63, 3.8) is 0 Å². The van der Waals surface area contributed by atoms with Gasteiger partial charge in [-0.3, -0.25) is 9.59 Å². The number of benzene rings is 2. The van der Waals surface area contributed by atoms with Gasteiger partial charge in [0, 0.05) is 32.7 Å². The highest BCUT2D eigenvalue weighted by molar-refractivity contribution is 7.89. The van der Waals surface area contributed by atoms with Gasteiger partial charge in [0.2, 0.25) is 21.8 Å². The van der Waals surface area contributed by atoms with Crippen LogP contribution in [0.5, 0.6) is 5.75 Å². The number of nitrogens with zero attached hydrogens (tertiary/aromatic N) is 2. The Kier molecular flexibility index (Phi) is 6.66. The SMILES string of the molecule is CCc1ccc(N2CC(C(=O)Nc3cc(S(=O)(=O)N(C)C)ccc3OC)CC2=O)cc1. The molecule has 1 fully saturated rings. The molecule has 2 amide bonds. The Hall–Kier alpha value is -2.91. The van der Waals surface area contributed by atoms with Gasteiger partial charge in [0.15, 0.2) is 0 Å². The summed E-state index contributed by atoms with van der Waals surface area (Å²) in [5, 5.41) is 2.74. The molecule has 0 saturated carbocycles. The van der Waals surface area contributed by atoms with Crippen molar-refractivity contribution in [1.29, 1.82) is 0 Å². The highest BCUT2D eigenvalue weighted by atomic mass is 32.2. The van der Waals surface area contributed by atoms with Crippen molar-refractivity contribution >= 4 is 33.2 Å². The van der Waals surface area contributed by atoms with Crippen molar-refractivity contribution in [2.75, 3.05) is 38.0 Å². The summed E-state index contributed by atoms with van der Waals surface area (Å²) in [5.41, 5.74) is 2.17. The monoisotopic (exact) mass is 445 g/mol. The number of nitrogens with one attached hydrogen (secondary N) is 1. The summed E-state index contributed by atoms with van der Waals surface area (Å²) in [6, 6.07) is 12.0. The number of methoxy groups -OCH3 is 1. The lowest BCUT2D eigenvalue weighted by Gasteiger charge is -2.18. The molecule has 1 saturated heterocycles. The van der Waals surface area contributed by atoms with Gasteiger partial charge in [-0.05, 0) is 42.3 Å². The van der Waals surface area contributed by atoms with Gasteiger partial charge in [-0.2, -0.15) is 0 Å². The maximum atomic E-state index is 12.9. The average Bonchev–Trinajstić information content (AvgIpc) is 3.15. The summed E-state index contributed by atoms with van der Waals surface area (Å²) in [5.74, 6) is -0.710. The van der Waals surface area contributed by atoms with Crippen molar-refractivity contribution in [1.82, 2.24) is 4.31 Å². The van der Waals surface area contributed by atoms with E-state index in [9.17, 15) is 18.0 Å². The van der Waals surface area contributed by atoms with Crippen LogP contribution in [0.4, 0.5) is 11.4 Å². The maximum Gasteiger partial charge on any atom is 0.242 e. The Labute approximate surface area is 182 Å². The number of hydrogen-bond acceptors (Lipinski definition) is 5. The number of hydrogen-bond donors (Lipinski definition) is 1. The summed E-state index contributed by atoms with van der Waals surface area (Å²) < 4.78 is 31.2. The fraction of sp³-hybridized carbons (Fsp3) is 0.364. The second kappa shape index (κ2) is 9.07. The molecule has 31 heavy (non-hydrogen) atoms. The zero-order valence-electron chi connectivity index (χ0n) is 18.1. The number of ether oxygens (including phenoxy) is 1. The molecule has 166 valence electrons. The molecule has 0 aromatic heterocycles. The van der Waals surface area contributed by atoms with Crippen LogP contribution in [0.2, 0.25) is 0 Å². The van der Waals surface area contributed by atoms with Gasteiger partial charge >= 0.3 is 0 Å². The highest BCUT2D eigenvalue weighted by Gasteiger charge is 2.35. The van der Waals surface area contributed by atoms with Crippen LogP contribution in [-0.2, 0) is 26.0 Å². The molecular formula is C22H27N3O5S. The van der Waals surface area contributed by atoms with Crippen LogP contribution in [0.15, 0.2) is 47.4 Å². The third-order valence-electron chi connectivity index (χ3n) is 5.36. The van der Waals surface area contributed by atoms with E-state index in [4.69, 9.17) is 4.74 Å². The van der Waals surface area contributed by atoms with Crippen molar-refractivity contribution < 1.29 is 22.7 Å². The number of amides is 2. The van der Waals surface area contributed by atoms with Gasteiger partial charge in [0.1, 0.15) is 5.75 Å². The van der Waals surface area contributed by atoms with Crippen molar-refractivity contribution in [3.8, 4) is 5.75 Å². The lowest BCUT2D eigenvalue weighted by molar-refractivity contribution is -0.122. The van der Waals surface area contributed by atoms with Crippen LogP contribution in [0.25, 0.3) is 0 Å². The summed E-state index contributed by atoms with van der Waals surface area (Å²) in [6.45, 7) is 2.32. The van der Waals surface area contributed by atoms with Crippen LogP contribution in [0.1, 0.15) is 18.9 Å². The number of anilines is 2. The van der Waals surface area contributed by atoms with E-state index in [2.05, 4.69) is 12.2 Å². The third kappa shape index (κ3) is 4.72. The predicted octanol–water partition coefficient (Wildman–Crippen LogP) is 2.50. The lowest BCUT2D eigenvalue weighted by Crippen LogP contribution is -2.28. The molecule has 8 nitrogen and oxygen atoms in total. The van der Waals surface area contributed by atoms with Gasteiger partial charge in [0.05, 0.1) is 23.6 Å². The first kappa shape index (κ1) is 22.8. The number of carbonyl (C=O) groups excluding carboxylic acids is 2. The van der Waals surface area contributed by atoms with Gasteiger partial charge in [-0.15, -0.1) is 0 Å². The lowest BCUT2D eigenvalue weighted by atomic mass is 10.1. The molecular weight excluding hydrogens is 418 g/mol. The van der Waals surface area contributed by atoms with Gasteiger partial charge in [-0.1, -0.05) is 19.1 Å². The summed E-state index contributed by atoms with van der Waals surface area (Å²) in [6.07, 6.45) is 0.989. The molecule has 0 spiro atoms. The Morgan fingerprint density at radius 2 is 1.87 bits per heavy atom.